The summed E-state index contributed by atoms with van der Waals surface area (Å²) in [5.74, 6) is -1.12. The molecule has 5 nitrogen and oxygen atoms in total. The summed E-state index contributed by atoms with van der Waals surface area (Å²) < 4.78 is 0. The van der Waals surface area contributed by atoms with Gasteiger partial charge in [-0.15, -0.1) is 0 Å². The summed E-state index contributed by atoms with van der Waals surface area (Å²) in [6, 6.07) is 0. The second-order valence-corrected chi connectivity index (χ2v) is 5.57. The Morgan fingerprint density at radius 2 is 2.06 bits per heavy atom. The first-order valence-electron chi connectivity index (χ1n) is 5.43. The van der Waals surface area contributed by atoms with E-state index in [1.165, 1.54) is 0 Å². The molecule has 1 unspecified atom stereocenters. The van der Waals surface area contributed by atoms with Gasteiger partial charge in [0.1, 0.15) is 0 Å². The SMILES string of the molecule is CC(C)(CN1CCC(C)(C(N)=O)C1)C(=O)O. The molecule has 92 valence electrons. The fourth-order valence-electron chi connectivity index (χ4n) is 2.02. The smallest absolute Gasteiger partial charge is 0.310 e. The number of carbonyl (C=O) groups is 2. The Morgan fingerprint density at radius 3 is 2.44 bits per heavy atom. The lowest BCUT2D eigenvalue weighted by Gasteiger charge is -2.27. The molecule has 1 saturated heterocycles. The molecule has 0 aromatic rings. The van der Waals surface area contributed by atoms with E-state index in [-0.39, 0.29) is 5.91 Å². The number of hydrogen-bond acceptors (Lipinski definition) is 3. The lowest BCUT2D eigenvalue weighted by atomic mass is 9.89. The van der Waals surface area contributed by atoms with Crippen molar-refractivity contribution >= 4 is 11.9 Å². The molecule has 5 heteroatoms. The van der Waals surface area contributed by atoms with Crippen molar-refractivity contribution in [1.29, 1.82) is 0 Å². The molecule has 1 atom stereocenters. The van der Waals surface area contributed by atoms with Crippen LogP contribution in [0, 0.1) is 10.8 Å². The van der Waals surface area contributed by atoms with Crippen LogP contribution in [0.25, 0.3) is 0 Å². The van der Waals surface area contributed by atoms with Crippen molar-refractivity contribution in [2.75, 3.05) is 19.6 Å². The summed E-state index contributed by atoms with van der Waals surface area (Å²) in [4.78, 5) is 24.2. The molecule has 0 spiro atoms. The van der Waals surface area contributed by atoms with Crippen molar-refractivity contribution in [3.63, 3.8) is 0 Å². The Kier molecular flexibility index (Phi) is 3.28. The van der Waals surface area contributed by atoms with E-state index in [9.17, 15) is 9.59 Å². The molecule has 1 amide bonds. The van der Waals surface area contributed by atoms with E-state index in [2.05, 4.69) is 0 Å². The molecule has 1 aliphatic rings. The van der Waals surface area contributed by atoms with Gasteiger partial charge in [0, 0.05) is 13.1 Å². The number of nitrogens with two attached hydrogens (primary N) is 1. The third kappa shape index (κ3) is 2.52. The number of aliphatic carboxylic acids is 1. The topological polar surface area (TPSA) is 83.6 Å². The molecule has 0 saturated carbocycles. The minimum absolute atomic E-state index is 0.303. The quantitative estimate of drug-likeness (QED) is 0.724. The highest BCUT2D eigenvalue weighted by molar-refractivity contribution is 5.81. The number of likely N-dealkylation sites (tertiary alicyclic amines) is 1. The highest BCUT2D eigenvalue weighted by Gasteiger charge is 2.41. The number of nitrogens with zero attached hydrogens (tertiary/aromatic N) is 1. The van der Waals surface area contributed by atoms with E-state index >= 15 is 0 Å². The van der Waals surface area contributed by atoms with Crippen molar-refractivity contribution in [2.24, 2.45) is 16.6 Å². The first kappa shape index (κ1) is 13.0. The van der Waals surface area contributed by atoms with Crippen LogP contribution in [-0.4, -0.2) is 41.5 Å². The Morgan fingerprint density at radius 1 is 1.50 bits per heavy atom. The van der Waals surface area contributed by atoms with Crippen LogP contribution in [0.1, 0.15) is 27.2 Å². The zero-order chi connectivity index (χ0) is 12.6. The van der Waals surface area contributed by atoms with Crippen molar-refractivity contribution in [3.8, 4) is 0 Å². The van der Waals surface area contributed by atoms with Gasteiger partial charge < -0.3 is 15.7 Å². The Labute approximate surface area is 95.6 Å². The number of carboxylic acid groups (broad SMARTS) is 1. The lowest BCUT2D eigenvalue weighted by molar-refractivity contribution is -0.147. The highest BCUT2D eigenvalue weighted by atomic mass is 16.4. The van der Waals surface area contributed by atoms with E-state index < -0.39 is 16.8 Å². The molecule has 0 aromatic heterocycles. The van der Waals surface area contributed by atoms with E-state index in [4.69, 9.17) is 10.8 Å². The number of primary amides is 1. The van der Waals surface area contributed by atoms with E-state index in [0.29, 0.717) is 19.5 Å². The molecule has 0 radical (unpaired) electrons. The standard InChI is InChI=1S/C11H20N2O3/c1-10(2,9(15)16)6-13-5-4-11(3,7-13)8(12)14/h4-7H2,1-3H3,(H2,12,14)(H,15,16). The number of rotatable bonds is 4. The van der Waals surface area contributed by atoms with Crippen LogP contribution in [0.5, 0.6) is 0 Å². The molecule has 1 aliphatic heterocycles. The first-order valence-corrected chi connectivity index (χ1v) is 5.43. The fourth-order valence-corrected chi connectivity index (χ4v) is 2.02. The average molecular weight is 228 g/mol. The summed E-state index contributed by atoms with van der Waals surface area (Å²) >= 11 is 0. The summed E-state index contributed by atoms with van der Waals surface area (Å²) in [6.45, 7) is 6.95. The van der Waals surface area contributed by atoms with Gasteiger partial charge in [0.2, 0.25) is 5.91 Å². The predicted octanol–water partition coefficient (Wildman–Crippen LogP) is 0.295. The van der Waals surface area contributed by atoms with Crippen molar-refractivity contribution in [3.05, 3.63) is 0 Å². The van der Waals surface area contributed by atoms with Gasteiger partial charge in [-0.05, 0) is 33.7 Å². The first-order chi connectivity index (χ1) is 7.17. The third-order valence-electron chi connectivity index (χ3n) is 3.35. The van der Waals surface area contributed by atoms with Crippen LogP contribution >= 0.6 is 0 Å². The molecule has 0 aromatic carbocycles. The van der Waals surface area contributed by atoms with Gasteiger partial charge in [0.25, 0.3) is 0 Å². The van der Waals surface area contributed by atoms with Crippen molar-refractivity contribution in [1.82, 2.24) is 4.90 Å². The maximum atomic E-state index is 11.2. The lowest BCUT2D eigenvalue weighted by Crippen LogP contribution is -2.41. The van der Waals surface area contributed by atoms with E-state index in [0.717, 1.165) is 6.54 Å². The molecule has 3 N–H and O–H groups in total. The average Bonchev–Trinajstić information content (AvgIpc) is 2.47. The number of hydrogen-bond donors (Lipinski definition) is 2. The van der Waals surface area contributed by atoms with Gasteiger partial charge >= 0.3 is 5.97 Å². The second-order valence-electron chi connectivity index (χ2n) is 5.57. The normalized spacial score (nSPS) is 26.9. The highest BCUT2D eigenvalue weighted by Crippen LogP contribution is 2.31. The van der Waals surface area contributed by atoms with Gasteiger partial charge in [-0.3, -0.25) is 9.59 Å². The monoisotopic (exact) mass is 228 g/mol. The summed E-state index contributed by atoms with van der Waals surface area (Å²) in [7, 11) is 0. The molecule has 16 heavy (non-hydrogen) atoms. The van der Waals surface area contributed by atoms with Crippen LogP contribution in [-0.2, 0) is 9.59 Å². The van der Waals surface area contributed by atoms with Crippen LogP contribution < -0.4 is 5.73 Å². The van der Waals surface area contributed by atoms with Gasteiger partial charge in [-0.2, -0.15) is 0 Å². The van der Waals surface area contributed by atoms with Gasteiger partial charge in [-0.25, -0.2) is 0 Å². The second kappa shape index (κ2) is 4.05. The molecular weight excluding hydrogens is 208 g/mol. The van der Waals surface area contributed by atoms with Gasteiger partial charge in [-0.1, -0.05) is 0 Å². The largest absolute Gasteiger partial charge is 0.481 e. The van der Waals surface area contributed by atoms with Crippen molar-refractivity contribution < 1.29 is 14.7 Å². The van der Waals surface area contributed by atoms with Crippen LogP contribution in [0.2, 0.25) is 0 Å². The van der Waals surface area contributed by atoms with E-state index in [1.54, 1.807) is 13.8 Å². The summed E-state index contributed by atoms with van der Waals surface area (Å²) in [6.07, 6.45) is 0.706. The molecule has 0 bridgehead atoms. The maximum Gasteiger partial charge on any atom is 0.310 e. The zero-order valence-corrected chi connectivity index (χ0v) is 10.1. The van der Waals surface area contributed by atoms with Crippen LogP contribution in [0.15, 0.2) is 0 Å². The van der Waals surface area contributed by atoms with Gasteiger partial charge in [0.15, 0.2) is 0 Å². The third-order valence-corrected chi connectivity index (χ3v) is 3.35. The molecular formula is C11H20N2O3. The van der Waals surface area contributed by atoms with Crippen molar-refractivity contribution in [2.45, 2.75) is 27.2 Å². The van der Waals surface area contributed by atoms with Gasteiger partial charge in [0.05, 0.1) is 10.8 Å². The Hall–Kier alpha value is -1.10. The van der Waals surface area contributed by atoms with Crippen LogP contribution in [0.3, 0.4) is 0 Å². The zero-order valence-electron chi connectivity index (χ0n) is 10.1. The maximum absolute atomic E-state index is 11.2. The molecule has 1 heterocycles. The number of carboxylic acids is 1. The Bertz CT molecular complexity index is 314. The minimum Gasteiger partial charge on any atom is -0.481 e. The number of carbonyl (C=O) groups excluding carboxylic acids is 1. The molecule has 1 fully saturated rings. The summed E-state index contributed by atoms with van der Waals surface area (Å²) in [5, 5.41) is 9.02. The number of amides is 1. The molecule has 1 rings (SSSR count). The van der Waals surface area contributed by atoms with E-state index in [1.807, 2.05) is 11.8 Å². The fraction of sp³-hybridized carbons (Fsp3) is 0.818. The summed E-state index contributed by atoms with van der Waals surface area (Å²) in [5.41, 5.74) is 4.04. The predicted molar refractivity (Wildman–Crippen MR) is 59.8 cm³/mol. The van der Waals surface area contributed by atoms with Crippen LogP contribution in [0.4, 0.5) is 0 Å². The minimum atomic E-state index is -0.819. The Balaban J connectivity index is 2.62. The molecule has 0 aliphatic carbocycles.